The average molecular weight is 226 g/mol. The Labute approximate surface area is 102 Å². The minimum Gasteiger partial charge on any atom is -0.315 e. The van der Waals surface area contributed by atoms with Crippen LogP contribution in [0.2, 0.25) is 0 Å². The van der Waals surface area contributed by atoms with Crippen LogP contribution in [0.15, 0.2) is 0 Å². The van der Waals surface area contributed by atoms with Crippen LogP contribution in [0.4, 0.5) is 0 Å². The van der Waals surface area contributed by atoms with E-state index < -0.39 is 0 Å². The Morgan fingerprint density at radius 3 is 2.44 bits per heavy atom. The minimum absolute atomic E-state index is 0.514. The van der Waals surface area contributed by atoms with E-state index in [4.69, 9.17) is 0 Å². The van der Waals surface area contributed by atoms with Crippen LogP contribution in [-0.4, -0.2) is 36.6 Å². The number of hydrogen-bond acceptors (Lipinski definition) is 2. The largest absolute Gasteiger partial charge is 0.315 e. The van der Waals surface area contributed by atoms with Crippen LogP contribution in [0.1, 0.15) is 53.9 Å². The number of nitrogens with one attached hydrogen (secondary N) is 1. The van der Waals surface area contributed by atoms with E-state index in [-0.39, 0.29) is 0 Å². The molecule has 96 valence electrons. The fourth-order valence-corrected chi connectivity index (χ4v) is 3.22. The van der Waals surface area contributed by atoms with Crippen molar-refractivity contribution in [1.82, 2.24) is 10.2 Å². The van der Waals surface area contributed by atoms with Gasteiger partial charge in [-0.25, -0.2) is 0 Å². The van der Waals surface area contributed by atoms with Crippen LogP contribution in [0.3, 0.4) is 0 Å². The molecule has 0 saturated heterocycles. The highest BCUT2D eigenvalue weighted by atomic mass is 15.2. The van der Waals surface area contributed by atoms with Crippen molar-refractivity contribution in [3.8, 4) is 0 Å². The summed E-state index contributed by atoms with van der Waals surface area (Å²) in [4.78, 5) is 2.65. The Balaban J connectivity index is 2.78. The highest BCUT2D eigenvalue weighted by Crippen LogP contribution is 2.37. The molecule has 1 fully saturated rings. The molecule has 2 nitrogen and oxygen atoms in total. The zero-order valence-corrected chi connectivity index (χ0v) is 12.0. The van der Waals surface area contributed by atoms with Gasteiger partial charge in [0.1, 0.15) is 0 Å². The number of likely N-dealkylation sites (N-methyl/N-ethyl adjacent to an activating group) is 2. The quantitative estimate of drug-likeness (QED) is 0.793. The molecular weight excluding hydrogens is 196 g/mol. The Bertz CT molecular complexity index is 211. The summed E-state index contributed by atoms with van der Waals surface area (Å²) < 4.78 is 0. The van der Waals surface area contributed by atoms with Crippen LogP contribution in [0.25, 0.3) is 0 Å². The second-order valence-electron chi connectivity index (χ2n) is 6.29. The van der Waals surface area contributed by atoms with E-state index in [0.29, 0.717) is 23.5 Å². The molecule has 0 radical (unpaired) electrons. The first-order valence-corrected chi connectivity index (χ1v) is 6.84. The van der Waals surface area contributed by atoms with Crippen molar-refractivity contribution < 1.29 is 0 Å². The molecule has 0 spiro atoms. The van der Waals surface area contributed by atoms with Gasteiger partial charge in [-0.15, -0.1) is 0 Å². The first kappa shape index (κ1) is 14.0. The topological polar surface area (TPSA) is 15.3 Å². The van der Waals surface area contributed by atoms with E-state index in [9.17, 15) is 0 Å². The molecular formula is C14H30N2. The molecule has 2 atom stereocenters. The highest BCUT2D eigenvalue weighted by molar-refractivity contribution is 4.94. The second kappa shape index (κ2) is 5.50. The maximum absolute atomic E-state index is 3.52. The molecule has 0 bridgehead atoms. The Morgan fingerprint density at radius 1 is 1.38 bits per heavy atom. The van der Waals surface area contributed by atoms with Crippen molar-refractivity contribution >= 4 is 0 Å². The van der Waals surface area contributed by atoms with E-state index in [1.54, 1.807) is 0 Å². The lowest BCUT2D eigenvalue weighted by Crippen LogP contribution is -2.55. The van der Waals surface area contributed by atoms with E-state index >= 15 is 0 Å². The molecule has 1 rings (SSSR count). The zero-order chi connectivity index (χ0) is 12.3. The SMILES string of the molecule is CCN(C(C)C)C1CC(C)(C)CCC1NC. The molecule has 1 saturated carbocycles. The van der Waals surface area contributed by atoms with E-state index in [1.807, 2.05) is 0 Å². The van der Waals surface area contributed by atoms with E-state index in [1.165, 1.54) is 19.3 Å². The normalized spacial score (nSPS) is 30.0. The van der Waals surface area contributed by atoms with Crippen molar-refractivity contribution in [3.05, 3.63) is 0 Å². The smallest absolute Gasteiger partial charge is 0.0256 e. The lowest BCUT2D eigenvalue weighted by molar-refractivity contribution is 0.0511. The molecule has 0 aliphatic heterocycles. The zero-order valence-electron chi connectivity index (χ0n) is 12.0. The van der Waals surface area contributed by atoms with Gasteiger partial charge in [0.2, 0.25) is 0 Å². The van der Waals surface area contributed by atoms with Crippen LogP contribution >= 0.6 is 0 Å². The molecule has 0 heterocycles. The number of rotatable bonds is 4. The van der Waals surface area contributed by atoms with Crippen LogP contribution < -0.4 is 5.32 Å². The lowest BCUT2D eigenvalue weighted by Gasteiger charge is -2.47. The summed E-state index contributed by atoms with van der Waals surface area (Å²) in [5.74, 6) is 0. The fraction of sp³-hybridized carbons (Fsp3) is 1.00. The average Bonchev–Trinajstić information content (AvgIpc) is 2.17. The van der Waals surface area contributed by atoms with E-state index in [0.717, 1.165) is 6.54 Å². The van der Waals surface area contributed by atoms with Gasteiger partial charge in [0, 0.05) is 18.1 Å². The van der Waals surface area contributed by atoms with Gasteiger partial charge in [-0.2, -0.15) is 0 Å². The van der Waals surface area contributed by atoms with Crippen LogP contribution in [0, 0.1) is 5.41 Å². The third-order valence-electron chi connectivity index (χ3n) is 4.18. The van der Waals surface area contributed by atoms with Gasteiger partial charge in [0.15, 0.2) is 0 Å². The van der Waals surface area contributed by atoms with Gasteiger partial charge in [-0.05, 0) is 52.1 Å². The van der Waals surface area contributed by atoms with Crippen molar-refractivity contribution in [1.29, 1.82) is 0 Å². The van der Waals surface area contributed by atoms with Gasteiger partial charge < -0.3 is 5.32 Å². The number of nitrogens with zero attached hydrogens (tertiary/aromatic N) is 1. The summed E-state index contributed by atoms with van der Waals surface area (Å²) in [7, 11) is 2.12. The Kier molecular flexibility index (Phi) is 4.81. The maximum Gasteiger partial charge on any atom is 0.0256 e. The monoisotopic (exact) mass is 226 g/mol. The van der Waals surface area contributed by atoms with Gasteiger partial charge in [0.25, 0.3) is 0 Å². The van der Waals surface area contributed by atoms with Gasteiger partial charge >= 0.3 is 0 Å². The molecule has 2 unspecified atom stereocenters. The summed E-state index contributed by atoms with van der Waals surface area (Å²) in [6.45, 7) is 12.9. The summed E-state index contributed by atoms with van der Waals surface area (Å²) in [5, 5.41) is 3.52. The van der Waals surface area contributed by atoms with E-state index in [2.05, 4.69) is 51.9 Å². The highest BCUT2D eigenvalue weighted by Gasteiger charge is 2.37. The Morgan fingerprint density at radius 2 is 2.00 bits per heavy atom. The van der Waals surface area contributed by atoms with Crippen LogP contribution in [0.5, 0.6) is 0 Å². The molecule has 0 amide bonds. The van der Waals surface area contributed by atoms with Crippen molar-refractivity contribution in [2.75, 3.05) is 13.6 Å². The third kappa shape index (κ3) is 3.21. The second-order valence-corrected chi connectivity index (χ2v) is 6.29. The first-order chi connectivity index (χ1) is 7.41. The van der Waals surface area contributed by atoms with Crippen LogP contribution in [-0.2, 0) is 0 Å². The molecule has 1 N–H and O–H groups in total. The predicted molar refractivity (Wildman–Crippen MR) is 71.8 cm³/mol. The van der Waals surface area contributed by atoms with Gasteiger partial charge in [0.05, 0.1) is 0 Å². The molecule has 0 aromatic rings. The van der Waals surface area contributed by atoms with Crippen molar-refractivity contribution in [3.63, 3.8) is 0 Å². The summed E-state index contributed by atoms with van der Waals surface area (Å²) in [5.41, 5.74) is 0.514. The first-order valence-electron chi connectivity index (χ1n) is 6.84. The molecule has 16 heavy (non-hydrogen) atoms. The summed E-state index contributed by atoms with van der Waals surface area (Å²) >= 11 is 0. The lowest BCUT2D eigenvalue weighted by atomic mass is 9.72. The third-order valence-corrected chi connectivity index (χ3v) is 4.18. The standard InChI is InChI=1S/C14H30N2/c1-7-16(11(2)3)13-10-14(4,5)9-8-12(13)15-6/h11-13,15H,7-10H2,1-6H3. The van der Waals surface area contributed by atoms with Gasteiger partial charge in [-0.3, -0.25) is 4.90 Å². The fourth-order valence-electron chi connectivity index (χ4n) is 3.22. The molecule has 1 aliphatic rings. The summed E-state index contributed by atoms with van der Waals surface area (Å²) in [6, 6.07) is 2.04. The molecule has 0 aromatic carbocycles. The van der Waals surface area contributed by atoms with Crippen molar-refractivity contribution in [2.24, 2.45) is 5.41 Å². The molecule has 2 heteroatoms. The minimum atomic E-state index is 0.514. The molecule has 0 aromatic heterocycles. The molecule has 1 aliphatic carbocycles. The summed E-state index contributed by atoms with van der Waals surface area (Å²) in [6.07, 6.45) is 3.99. The maximum atomic E-state index is 3.52. The van der Waals surface area contributed by atoms with Gasteiger partial charge in [-0.1, -0.05) is 20.8 Å². The predicted octanol–water partition coefficient (Wildman–Crippen LogP) is 2.88. The number of hydrogen-bond donors (Lipinski definition) is 1. The van der Waals surface area contributed by atoms with Crippen molar-refractivity contribution in [2.45, 2.75) is 72.0 Å². The Hall–Kier alpha value is -0.0800.